The van der Waals surface area contributed by atoms with Gasteiger partial charge in [-0.25, -0.2) is 0 Å². The van der Waals surface area contributed by atoms with Gasteiger partial charge in [0.2, 0.25) is 0 Å². The highest BCUT2D eigenvalue weighted by Crippen LogP contribution is 2.39. The van der Waals surface area contributed by atoms with E-state index in [1.807, 2.05) is 48.5 Å². The molecular formula is C27H29N3O. The minimum Gasteiger partial charge on any atom is -0.356 e. The molecule has 1 amide bonds. The zero-order valence-electron chi connectivity index (χ0n) is 17.3. The molecule has 3 aromatic rings. The fourth-order valence-electron chi connectivity index (χ4n) is 4.08. The quantitative estimate of drug-likeness (QED) is 0.495. The topological polar surface area (TPSA) is 54.0 Å². The lowest BCUT2D eigenvalue weighted by Crippen LogP contribution is -2.27. The van der Waals surface area contributed by atoms with Crippen LogP contribution in [-0.4, -0.2) is 16.9 Å². The molecular weight excluding hydrogens is 382 g/mol. The zero-order valence-corrected chi connectivity index (χ0v) is 17.3. The van der Waals surface area contributed by atoms with Crippen molar-refractivity contribution in [3.8, 4) is 11.1 Å². The van der Waals surface area contributed by atoms with Gasteiger partial charge in [0.25, 0.3) is 5.91 Å². The van der Waals surface area contributed by atoms with E-state index >= 15 is 0 Å². The SMILES string of the molecule is O=C(N[C@@H]1C[C@H]1C1=CCCC=C1)c1cccc(Nc2ccc(-c3ccncc3)cc2)c1.[HH].[HH]. The van der Waals surface area contributed by atoms with Crippen molar-refractivity contribution in [3.63, 3.8) is 0 Å². The molecule has 4 heteroatoms. The first-order chi connectivity index (χ1) is 15.3. The van der Waals surface area contributed by atoms with E-state index in [1.54, 1.807) is 12.4 Å². The van der Waals surface area contributed by atoms with E-state index in [1.165, 1.54) is 5.57 Å². The number of anilines is 2. The van der Waals surface area contributed by atoms with Gasteiger partial charge >= 0.3 is 0 Å². The van der Waals surface area contributed by atoms with E-state index < -0.39 is 0 Å². The monoisotopic (exact) mass is 411 g/mol. The summed E-state index contributed by atoms with van der Waals surface area (Å²) in [5.74, 6) is 0.463. The van der Waals surface area contributed by atoms with E-state index in [0.29, 0.717) is 11.5 Å². The number of carbonyl (C=O) groups is 1. The molecule has 2 aliphatic carbocycles. The standard InChI is InChI=1S/C27H25N3O.2H2/c31-27(30-26-18-25(26)21-5-2-1-3-6-21)22-7-4-8-24(17-22)29-23-11-9-19(10-12-23)20-13-15-28-16-14-20;;/h2,4-17,25-26,29H,1,3,18H2,(H,30,31);2*1H/t25-,26+;;/m0../s1. The average Bonchev–Trinajstić information content (AvgIpc) is 3.60. The van der Waals surface area contributed by atoms with E-state index in [0.717, 1.165) is 41.8 Å². The van der Waals surface area contributed by atoms with Crippen LogP contribution in [0.4, 0.5) is 11.4 Å². The van der Waals surface area contributed by atoms with Crippen LogP contribution in [0.2, 0.25) is 0 Å². The number of aromatic nitrogens is 1. The lowest BCUT2D eigenvalue weighted by atomic mass is 10.0. The second-order valence-corrected chi connectivity index (χ2v) is 8.13. The minimum absolute atomic E-state index is 0. The van der Waals surface area contributed by atoms with Gasteiger partial charge in [-0.05, 0) is 78.4 Å². The lowest BCUT2D eigenvalue weighted by Gasteiger charge is -2.11. The molecule has 2 aromatic carbocycles. The van der Waals surface area contributed by atoms with Gasteiger partial charge in [-0.2, -0.15) is 0 Å². The van der Waals surface area contributed by atoms with Crippen molar-refractivity contribution in [1.29, 1.82) is 0 Å². The summed E-state index contributed by atoms with van der Waals surface area (Å²) >= 11 is 0. The molecule has 0 radical (unpaired) electrons. The molecule has 0 spiro atoms. The third kappa shape index (κ3) is 4.58. The Morgan fingerprint density at radius 3 is 2.52 bits per heavy atom. The van der Waals surface area contributed by atoms with Crippen LogP contribution in [0.5, 0.6) is 0 Å². The summed E-state index contributed by atoms with van der Waals surface area (Å²) in [5, 5.41) is 6.58. The van der Waals surface area contributed by atoms with Crippen LogP contribution in [-0.2, 0) is 0 Å². The summed E-state index contributed by atoms with van der Waals surface area (Å²) in [7, 11) is 0. The Morgan fingerprint density at radius 1 is 0.935 bits per heavy atom. The number of nitrogens with one attached hydrogen (secondary N) is 2. The lowest BCUT2D eigenvalue weighted by molar-refractivity contribution is 0.0950. The van der Waals surface area contributed by atoms with Gasteiger partial charge in [-0.3, -0.25) is 9.78 Å². The maximum absolute atomic E-state index is 12.7. The Balaban J connectivity index is 0.00000153. The molecule has 31 heavy (non-hydrogen) atoms. The Labute approximate surface area is 185 Å². The Hall–Kier alpha value is -3.66. The van der Waals surface area contributed by atoms with Crippen LogP contribution >= 0.6 is 0 Å². The van der Waals surface area contributed by atoms with Crippen molar-refractivity contribution < 1.29 is 7.65 Å². The highest BCUT2D eigenvalue weighted by Gasteiger charge is 2.40. The summed E-state index contributed by atoms with van der Waals surface area (Å²) in [6, 6.07) is 20.2. The predicted octanol–water partition coefficient (Wildman–Crippen LogP) is 6.38. The fraction of sp³-hybridized carbons (Fsp3) is 0.185. The number of carbonyl (C=O) groups excluding carboxylic acids is 1. The molecule has 2 N–H and O–H groups in total. The third-order valence-corrected chi connectivity index (χ3v) is 5.87. The van der Waals surface area contributed by atoms with E-state index in [2.05, 4.69) is 46.0 Å². The number of allylic oxidation sites excluding steroid dienone is 3. The third-order valence-electron chi connectivity index (χ3n) is 5.87. The number of hydrogen-bond donors (Lipinski definition) is 2. The van der Waals surface area contributed by atoms with Crippen molar-refractivity contribution in [3.05, 3.63) is 102 Å². The minimum atomic E-state index is -0.00965. The molecule has 1 fully saturated rings. The molecule has 1 heterocycles. The number of rotatable bonds is 6. The number of nitrogens with zero attached hydrogens (tertiary/aromatic N) is 1. The van der Waals surface area contributed by atoms with Gasteiger partial charge in [0, 0.05) is 44.1 Å². The van der Waals surface area contributed by atoms with Gasteiger partial charge in [0.1, 0.15) is 0 Å². The van der Waals surface area contributed by atoms with Crippen LogP contribution in [0.15, 0.2) is 96.9 Å². The van der Waals surface area contributed by atoms with Crippen molar-refractivity contribution in [2.75, 3.05) is 5.32 Å². The number of hydrogen-bond acceptors (Lipinski definition) is 3. The van der Waals surface area contributed by atoms with E-state index in [4.69, 9.17) is 0 Å². The van der Waals surface area contributed by atoms with Crippen LogP contribution in [0.1, 0.15) is 32.5 Å². The molecule has 2 aliphatic rings. The number of pyridine rings is 1. The second-order valence-electron chi connectivity index (χ2n) is 8.13. The molecule has 2 atom stereocenters. The number of benzene rings is 2. The Kier molecular flexibility index (Phi) is 5.36. The first kappa shape index (κ1) is 19.3. The van der Waals surface area contributed by atoms with Crippen LogP contribution in [0, 0.1) is 5.92 Å². The van der Waals surface area contributed by atoms with Gasteiger partial charge in [-0.1, -0.05) is 36.4 Å². The van der Waals surface area contributed by atoms with E-state index in [-0.39, 0.29) is 14.8 Å². The molecule has 0 aliphatic heterocycles. The number of amides is 1. The molecule has 0 bridgehead atoms. The zero-order chi connectivity index (χ0) is 21.0. The molecule has 158 valence electrons. The summed E-state index contributed by atoms with van der Waals surface area (Å²) in [6.45, 7) is 0. The summed E-state index contributed by atoms with van der Waals surface area (Å²) in [4.78, 5) is 16.8. The maximum atomic E-state index is 12.7. The van der Waals surface area contributed by atoms with Crippen molar-refractivity contribution >= 4 is 17.3 Å². The summed E-state index contributed by atoms with van der Waals surface area (Å²) in [6.07, 6.45) is 13.6. The molecule has 0 unspecified atom stereocenters. The predicted molar refractivity (Wildman–Crippen MR) is 129 cm³/mol. The molecule has 0 saturated heterocycles. The van der Waals surface area contributed by atoms with Crippen LogP contribution < -0.4 is 10.6 Å². The van der Waals surface area contributed by atoms with Crippen molar-refractivity contribution in [2.24, 2.45) is 5.92 Å². The van der Waals surface area contributed by atoms with Gasteiger partial charge in [0.05, 0.1) is 0 Å². The summed E-state index contributed by atoms with van der Waals surface area (Å²) < 4.78 is 0. The summed E-state index contributed by atoms with van der Waals surface area (Å²) in [5.41, 5.74) is 6.21. The van der Waals surface area contributed by atoms with Crippen molar-refractivity contribution in [1.82, 2.24) is 10.3 Å². The molecule has 4 nitrogen and oxygen atoms in total. The first-order valence-corrected chi connectivity index (χ1v) is 10.8. The fourth-order valence-corrected chi connectivity index (χ4v) is 4.08. The van der Waals surface area contributed by atoms with Gasteiger partial charge < -0.3 is 10.6 Å². The van der Waals surface area contributed by atoms with Crippen LogP contribution in [0.25, 0.3) is 11.1 Å². The second kappa shape index (κ2) is 8.60. The molecule has 1 aromatic heterocycles. The largest absolute Gasteiger partial charge is 0.356 e. The molecule has 5 rings (SSSR count). The van der Waals surface area contributed by atoms with Gasteiger partial charge in [0.15, 0.2) is 0 Å². The molecule has 1 saturated carbocycles. The van der Waals surface area contributed by atoms with Crippen LogP contribution in [0.3, 0.4) is 0 Å². The highest BCUT2D eigenvalue weighted by molar-refractivity contribution is 5.95. The average molecular weight is 412 g/mol. The highest BCUT2D eigenvalue weighted by atomic mass is 16.1. The smallest absolute Gasteiger partial charge is 0.251 e. The normalized spacial score (nSPS) is 19.4. The Bertz CT molecular complexity index is 1140. The maximum Gasteiger partial charge on any atom is 0.251 e. The van der Waals surface area contributed by atoms with E-state index in [9.17, 15) is 4.79 Å². The first-order valence-electron chi connectivity index (χ1n) is 10.8. The van der Waals surface area contributed by atoms with Gasteiger partial charge in [-0.15, -0.1) is 0 Å². The van der Waals surface area contributed by atoms with Crippen molar-refractivity contribution in [2.45, 2.75) is 25.3 Å². The Morgan fingerprint density at radius 2 is 1.74 bits per heavy atom.